The molecule has 5 rings (SSSR count). The van der Waals surface area contributed by atoms with Gasteiger partial charge in [0.2, 0.25) is 0 Å². The van der Waals surface area contributed by atoms with Crippen LogP contribution in [0.1, 0.15) is 0 Å². The zero-order valence-electron chi connectivity index (χ0n) is 9.92. The van der Waals surface area contributed by atoms with Gasteiger partial charge in [0, 0.05) is 10.8 Å². The second kappa shape index (κ2) is 2.86. The standard InChI is InChI=1S/C15H9NO3/c17-9-4-5-15-11(16-7-18-15)6-8-2-1-3-10-12(8)13(15)14(9)19-10/h1-6,14H,7H2. The minimum atomic E-state index is -0.682. The van der Waals surface area contributed by atoms with E-state index in [1.54, 1.807) is 6.08 Å². The first-order chi connectivity index (χ1) is 9.29. The van der Waals surface area contributed by atoms with E-state index < -0.39 is 11.7 Å². The van der Waals surface area contributed by atoms with Crippen molar-refractivity contribution in [3.8, 4) is 5.75 Å². The molecule has 0 radical (unpaired) electrons. The molecule has 2 aliphatic heterocycles. The Bertz CT molecular complexity index is 833. The number of carbonyl (C=O) groups excluding carboxylic acids is 1. The fourth-order valence-corrected chi connectivity index (χ4v) is 3.37. The van der Waals surface area contributed by atoms with Crippen LogP contribution in [0, 0.1) is 0 Å². The van der Waals surface area contributed by atoms with Crippen LogP contribution in [0.2, 0.25) is 0 Å². The van der Waals surface area contributed by atoms with Crippen LogP contribution in [-0.4, -0.2) is 29.9 Å². The maximum absolute atomic E-state index is 12.1. The predicted octanol–water partition coefficient (Wildman–Crippen LogP) is -0.301. The third kappa shape index (κ3) is 0.933. The Labute approximate surface area is 108 Å². The summed E-state index contributed by atoms with van der Waals surface area (Å²) in [5, 5.41) is 2.06. The van der Waals surface area contributed by atoms with Crippen LogP contribution >= 0.6 is 0 Å². The van der Waals surface area contributed by atoms with E-state index in [1.165, 1.54) is 0 Å². The molecule has 0 amide bonds. The van der Waals surface area contributed by atoms with E-state index >= 15 is 0 Å². The highest BCUT2D eigenvalue weighted by molar-refractivity contribution is 6.27. The quantitative estimate of drug-likeness (QED) is 0.636. The molecule has 0 saturated heterocycles. The summed E-state index contributed by atoms with van der Waals surface area (Å²) in [6, 6.07) is 5.85. The van der Waals surface area contributed by atoms with Crippen molar-refractivity contribution in [2.45, 2.75) is 11.7 Å². The molecule has 4 nitrogen and oxygen atoms in total. The van der Waals surface area contributed by atoms with E-state index in [2.05, 4.69) is 4.99 Å². The number of benzene rings is 1. The Morgan fingerprint density at radius 2 is 2.32 bits per heavy atom. The highest BCUT2D eigenvalue weighted by Gasteiger charge is 2.53. The maximum atomic E-state index is 12.1. The van der Waals surface area contributed by atoms with Gasteiger partial charge in [0.1, 0.15) is 12.5 Å². The molecule has 0 fully saturated rings. The zero-order chi connectivity index (χ0) is 12.6. The summed E-state index contributed by atoms with van der Waals surface area (Å²) in [5.74, 6) is 0.735. The average Bonchev–Trinajstić information content (AvgIpc) is 2.99. The lowest BCUT2D eigenvalue weighted by Gasteiger charge is -2.33. The van der Waals surface area contributed by atoms with Crippen LogP contribution in [0.25, 0.3) is 11.6 Å². The number of aliphatic imine (C=N–C) groups is 1. The van der Waals surface area contributed by atoms with Crippen LogP contribution in [0.3, 0.4) is 0 Å². The number of hydrogen-bond donors (Lipinski definition) is 0. The molecule has 2 unspecified atom stereocenters. The van der Waals surface area contributed by atoms with E-state index in [9.17, 15) is 4.79 Å². The number of carbonyl (C=O) groups is 1. The maximum Gasteiger partial charge on any atom is 0.200 e. The van der Waals surface area contributed by atoms with Gasteiger partial charge in [-0.3, -0.25) is 9.79 Å². The second-order valence-corrected chi connectivity index (χ2v) is 5.06. The fourth-order valence-electron chi connectivity index (χ4n) is 3.37. The van der Waals surface area contributed by atoms with Gasteiger partial charge in [-0.05, 0) is 29.5 Å². The van der Waals surface area contributed by atoms with Gasteiger partial charge in [0.25, 0.3) is 0 Å². The smallest absolute Gasteiger partial charge is 0.200 e. The van der Waals surface area contributed by atoms with Crippen molar-refractivity contribution >= 4 is 23.1 Å². The van der Waals surface area contributed by atoms with Gasteiger partial charge in [-0.25, -0.2) is 0 Å². The molecular weight excluding hydrogens is 242 g/mol. The van der Waals surface area contributed by atoms with Gasteiger partial charge in [0.05, 0.1) is 5.71 Å². The van der Waals surface area contributed by atoms with Crippen LogP contribution in [-0.2, 0) is 9.53 Å². The lowest BCUT2D eigenvalue weighted by atomic mass is 9.76. The van der Waals surface area contributed by atoms with Gasteiger partial charge >= 0.3 is 0 Å². The number of nitrogens with zero attached hydrogens (tertiary/aromatic N) is 1. The molecule has 4 aliphatic rings. The lowest BCUT2D eigenvalue weighted by molar-refractivity contribution is -0.119. The minimum absolute atomic E-state index is 0.0282. The summed E-state index contributed by atoms with van der Waals surface area (Å²) in [6.45, 7) is 0.323. The zero-order valence-corrected chi connectivity index (χ0v) is 9.92. The molecule has 92 valence electrons. The van der Waals surface area contributed by atoms with E-state index in [4.69, 9.17) is 9.47 Å². The molecule has 4 heteroatoms. The van der Waals surface area contributed by atoms with Crippen molar-refractivity contribution in [2.75, 3.05) is 6.73 Å². The summed E-state index contributed by atoms with van der Waals surface area (Å²) in [5.41, 5.74) is 1.09. The molecule has 1 aromatic carbocycles. The van der Waals surface area contributed by atoms with E-state index in [1.807, 2.05) is 30.4 Å². The number of rotatable bonds is 0. The van der Waals surface area contributed by atoms with Gasteiger partial charge < -0.3 is 9.47 Å². The Morgan fingerprint density at radius 1 is 1.37 bits per heavy atom. The van der Waals surface area contributed by atoms with Crippen molar-refractivity contribution in [3.05, 3.63) is 40.8 Å². The first kappa shape index (κ1) is 9.69. The number of ether oxygens (including phenoxy) is 2. The minimum Gasteiger partial charge on any atom is -0.477 e. The van der Waals surface area contributed by atoms with Gasteiger partial charge in [0.15, 0.2) is 17.5 Å². The third-order valence-electron chi connectivity index (χ3n) is 4.18. The molecule has 0 aromatic heterocycles. The third-order valence-corrected chi connectivity index (χ3v) is 4.18. The highest BCUT2D eigenvalue weighted by atomic mass is 16.5. The summed E-state index contributed by atoms with van der Waals surface area (Å²) in [4.78, 5) is 16.5. The largest absolute Gasteiger partial charge is 0.477 e. The lowest BCUT2D eigenvalue weighted by Crippen LogP contribution is -2.51. The molecule has 1 spiro atoms. The molecular formula is C15H9NO3. The molecule has 0 bridgehead atoms. The summed E-state index contributed by atoms with van der Waals surface area (Å²) in [6.07, 6.45) is 4.84. The van der Waals surface area contributed by atoms with Gasteiger partial charge in [-0.2, -0.15) is 0 Å². The first-order valence-corrected chi connectivity index (χ1v) is 6.24. The fraction of sp³-hybridized carbons (Fsp3) is 0.200. The van der Waals surface area contributed by atoms with Gasteiger partial charge in [-0.1, -0.05) is 12.1 Å². The van der Waals surface area contributed by atoms with Crippen molar-refractivity contribution in [3.63, 3.8) is 0 Å². The van der Waals surface area contributed by atoms with E-state index in [0.29, 0.717) is 6.73 Å². The van der Waals surface area contributed by atoms with Crippen LogP contribution < -0.4 is 15.2 Å². The predicted molar refractivity (Wildman–Crippen MR) is 68.2 cm³/mol. The number of ketones is 1. The summed E-state index contributed by atoms with van der Waals surface area (Å²) < 4.78 is 11.7. The SMILES string of the molecule is O=C1C=CC23OCN=C2C=c2cccc4c2=C3C1O4. The second-order valence-electron chi connectivity index (χ2n) is 5.06. The average molecular weight is 251 g/mol. The molecule has 0 N–H and O–H groups in total. The Kier molecular flexibility index (Phi) is 1.46. The first-order valence-electron chi connectivity index (χ1n) is 6.24. The van der Waals surface area contributed by atoms with Gasteiger partial charge in [-0.15, -0.1) is 0 Å². The highest BCUT2D eigenvalue weighted by Crippen LogP contribution is 2.41. The van der Waals surface area contributed by atoms with Crippen LogP contribution in [0.4, 0.5) is 0 Å². The topological polar surface area (TPSA) is 47.9 Å². The van der Waals surface area contributed by atoms with Crippen molar-refractivity contribution in [1.82, 2.24) is 0 Å². The Balaban J connectivity index is 2.04. The van der Waals surface area contributed by atoms with Crippen molar-refractivity contribution in [2.24, 2.45) is 4.99 Å². The Morgan fingerprint density at radius 3 is 3.26 bits per heavy atom. The van der Waals surface area contributed by atoms with Crippen LogP contribution in [0.5, 0.6) is 5.75 Å². The van der Waals surface area contributed by atoms with E-state index in [-0.39, 0.29) is 5.78 Å². The van der Waals surface area contributed by atoms with Crippen molar-refractivity contribution in [1.29, 1.82) is 0 Å². The normalized spacial score (nSPS) is 32.4. The Hall–Kier alpha value is -2.20. The molecule has 2 heterocycles. The molecule has 2 atom stereocenters. The monoisotopic (exact) mass is 251 g/mol. The summed E-state index contributed by atoms with van der Waals surface area (Å²) in [7, 11) is 0. The van der Waals surface area contributed by atoms with Crippen molar-refractivity contribution < 1.29 is 14.3 Å². The van der Waals surface area contributed by atoms with E-state index in [0.717, 1.165) is 27.5 Å². The van der Waals surface area contributed by atoms with Crippen LogP contribution in [0.15, 0.2) is 35.3 Å². The molecule has 0 saturated carbocycles. The molecule has 1 aromatic rings. The number of hydrogen-bond acceptors (Lipinski definition) is 4. The molecule has 19 heavy (non-hydrogen) atoms. The molecule has 2 aliphatic carbocycles. The summed E-state index contributed by atoms with van der Waals surface area (Å²) >= 11 is 0.